The molecule has 1 unspecified atom stereocenters. The lowest BCUT2D eigenvalue weighted by molar-refractivity contribution is -0.125. The Hall–Kier alpha value is -1.76. The van der Waals surface area contributed by atoms with E-state index >= 15 is 0 Å². The first-order valence-electron chi connectivity index (χ1n) is 9.81. The number of hydrogen-bond acceptors (Lipinski definition) is 5. The normalized spacial score (nSPS) is 17.5. The summed E-state index contributed by atoms with van der Waals surface area (Å²) in [6.45, 7) is 5.06. The van der Waals surface area contributed by atoms with Crippen LogP contribution in [0.4, 0.5) is 0 Å². The second kappa shape index (κ2) is 9.44. The molecule has 1 aliphatic heterocycles. The fraction of sp³-hybridized carbons (Fsp3) is 0.524. The Morgan fingerprint density at radius 3 is 2.67 bits per heavy atom. The van der Waals surface area contributed by atoms with Crippen LogP contribution >= 0.6 is 11.3 Å². The number of aryl methyl sites for hydroxylation is 2. The smallest absolute Gasteiger partial charge is 0.243 e. The van der Waals surface area contributed by atoms with Crippen molar-refractivity contribution in [1.82, 2.24) is 15.6 Å². The SMILES string of the molecule is Cc1ccc(C(CCc2ccncc2)(NCCC2CCNCC2)C(N)=O)s1. The van der Waals surface area contributed by atoms with E-state index < -0.39 is 5.54 Å². The minimum Gasteiger partial charge on any atom is -0.368 e. The molecule has 0 spiro atoms. The van der Waals surface area contributed by atoms with Crippen LogP contribution in [0.5, 0.6) is 0 Å². The largest absolute Gasteiger partial charge is 0.368 e. The van der Waals surface area contributed by atoms with Gasteiger partial charge in [-0.25, -0.2) is 0 Å². The summed E-state index contributed by atoms with van der Waals surface area (Å²) >= 11 is 1.66. The number of carbonyl (C=O) groups excluding carboxylic acids is 1. The van der Waals surface area contributed by atoms with Crippen molar-refractivity contribution in [3.63, 3.8) is 0 Å². The zero-order chi connectivity index (χ0) is 19.1. The number of nitrogens with one attached hydrogen (secondary N) is 2. The molecule has 0 radical (unpaired) electrons. The van der Waals surface area contributed by atoms with Gasteiger partial charge in [0.05, 0.1) is 0 Å². The molecule has 27 heavy (non-hydrogen) atoms. The fourth-order valence-corrected chi connectivity index (χ4v) is 4.90. The Bertz CT molecular complexity index is 727. The van der Waals surface area contributed by atoms with Gasteiger partial charge in [0.2, 0.25) is 5.91 Å². The number of rotatable bonds is 9. The van der Waals surface area contributed by atoms with E-state index in [-0.39, 0.29) is 5.91 Å². The molecule has 1 atom stereocenters. The van der Waals surface area contributed by atoms with Gasteiger partial charge in [-0.1, -0.05) is 0 Å². The summed E-state index contributed by atoms with van der Waals surface area (Å²) in [6, 6.07) is 8.12. The first-order valence-corrected chi connectivity index (χ1v) is 10.6. The van der Waals surface area contributed by atoms with Crippen molar-refractivity contribution in [1.29, 1.82) is 0 Å². The number of piperidine rings is 1. The molecule has 2 aromatic heterocycles. The van der Waals surface area contributed by atoms with E-state index in [0.29, 0.717) is 6.42 Å². The molecule has 0 aliphatic carbocycles. The van der Waals surface area contributed by atoms with E-state index in [0.717, 1.165) is 43.3 Å². The maximum absolute atomic E-state index is 12.7. The van der Waals surface area contributed by atoms with Gasteiger partial charge in [-0.3, -0.25) is 15.1 Å². The number of pyridine rings is 1. The summed E-state index contributed by atoms with van der Waals surface area (Å²) in [5, 5.41) is 6.99. The molecule has 5 nitrogen and oxygen atoms in total. The molecular weight excluding hydrogens is 356 g/mol. The van der Waals surface area contributed by atoms with Crippen LogP contribution in [0.15, 0.2) is 36.7 Å². The number of aromatic nitrogens is 1. The van der Waals surface area contributed by atoms with Crippen LogP contribution in [0.3, 0.4) is 0 Å². The maximum atomic E-state index is 12.7. The zero-order valence-electron chi connectivity index (χ0n) is 16.0. The predicted molar refractivity (Wildman–Crippen MR) is 111 cm³/mol. The third kappa shape index (κ3) is 5.15. The Kier molecular flexibility index (Phi) is 6.99. The lowest BCUT2D eigenvalue weighted by atomic mass is 9.87. The first kappa shape index (κ1) is 20.0. The second-order valence-corrected chi connectivity index (χ2v) is 8.73. The number of hydrogen-bond donors (Lipinski definition) is 3. The fourth-order valence-electron chi connectivity index (χ4n) is 3.84. The number of thiophene rings is 1. The summed E-state index contributed by atoms with van der Waals surface area (Å²) in [5.74, 6) is 0.429. The number of amides is 1. The quantitative estimate of drug-likeness (QED) is 0.619. The molecule has 146 valence electrons. The molecule has 0 saturated carbocycles. The van der Waals surface area contributed by atoms with Crippen LogP contribution in [-0.4, -0.2) is 30.5 Å². The van der Waals surface area contributed by atoms with Crippen LogP contribution in [-0.2, 0) is 16.8 Å². The van der Waals surface area contributed by atoms with Gasteiger partial charge in [0.25, 0.3) is 0 Å². The molecule has 1 saturated heterocycles. The number of primary amides is 1. The van der Waals surface area contributed by atoms with E-state index in [9.17, 15) is 4.79 Å². The van der Waals surface area contributed by atoms with Crippen LogP contribution in [0.25, 0.3) is 0 Å². The lowest BCUT2D eigenvalue weighted by Gasteiger charge is -2.32. The summed E-state index contributed by atoms with van der Waals surface area (Å²) < 4.78 is 0. The van der Waals surface area contributed by atoms with Gasteiger partial charge in [-0.2, -0.15) is 0 Å². The number of nitrogens with two attached hydrogens (primary N) is 1. The molecule has 3 heterocycles. The van der Waals surface area contributed by atoms with Gasteiger partial charge < -0.3 is 11.1 Å². The van der Waals surface area contributed by atoms with Gasteiger partial charge in [-0.05, 0) is 94.4 Å². The van der Waals surface area contributed by atoms with Crippen molar-refractivity contribution in [3.8, 4) is 0 Å². The van der Waals surface area contributed by atoms with Crippen molar-refractivity contribution < 1.29 is 4.79 Å². The first-order chi connectivity index (χ1) is 13.1. The Morgan fingerprint density at radius 2 is 2.04 bits per heavy atom. The molecule has 3 rings (SSSR count). The molecule has 0 aromatic carbocycles. The minimum absolute atomic E-state index is 0.288. The monoisotopic (exact) mass is 386 g/mol. The van der Waals surface area contributed by atoms with Crippen molar-refractivity contribution in [2.45, 2.75) is 44.6 Å². The van der Waals surface area contributed by atoms with Crippen molar-refractivity contribution in [2.75, 3.05) is 19.6 Å². The average Bonchev–Trinajstić information content (AvgIpc) is 3.12. The summed E-state index contributed by atoms with van der Waals surface area (Å²) in [7, 11) is 0. The van der Waals surface area contributed by atoms with Crippen molar-refractivity contribution >= 4 is 17.2 Å². The molecule has 4 N–H and O–H groups in total. The highest BCUT2D eigenvalue weighted by molar-refractivity contribution is 7.12. The summed E-state index contributed by atoms with van der Waals surface area (Å²) in [6.07, 6.45) is 8.51. The molecule has 1 fully saturated rings. The third-order valence-corrected chi connectivity index (χ3v) is 6.72. The van der Waals surface area contributed by atoms with Crippen LogP contribution in [0, 0.1) is 12.8 Å². The molecular formula is C21H30N4OS. The van der Waals surface area contributed by atoms with E-state index in [1.165, 1.54) is 23.3 Å². The molecule has 1 aliphatic rings. The van der Waals surface area contributed by atoms with E-state index in [1.807, 2.05) is 12.1 Å². The summed E-state index contributed by atoms with van der Waals surface area (Å²) in [5.41, 5.74) is 6.34. The Labute approximate surface area is 165 Å². The molecule has 1 amide bonds. The highest BCUT2D eigenvalue weighted by Crippen LogP contribution is 2.33. The average molecular weight is 387 g/mol. The third-order valence-electron chi connectivity index (χ3n) is 5.56. The Morgan fingerprint density at radius 1 is 1.30 bits per heavy atom. The highest BCUT2D eigenvalue weighted by Gasteiger charge is 2.39. The standard InChI is InChI=1S/C21H30N4OS/c1-16-2-3-19(27-16)21(20(22)26,10-4-17-5-11-23-12-6-17)25-15-9-18-7-13-24-14-8-18/h2-3,5-6,11-12,18,24-25H,4,7-10,13-15H2,1H3,(H2,22,26). The van der Waals surface area contributed by atoms with Crippen molar-refractivity contribution in [3.05, 3.63) is 52.0 Å². The van der Waals surface area contributed by atoms with E-state index in [1.54, 1.807) is 23.7 Å². The van der Waals surface area contributed by atoms with Gasteiger partial charge in [0.1, 0.15) is 5.54 Å². The summed E-state index contributed by atoms with van der Waals surface area (Å²) in [4.78, 5) is 19.0. The topological polar surface area (TPSA) is 80.0 Å². The zero-order valence-corrected chi connectivity index (χ0v) is 16.9. The lowest BCUT2D eigenvalue weighted by Crippen LogP contribution is -2.53. The predicted octanol–water partition coefficient (Wildman–Crippen LogP) is 2.74. The van der Waals surface area contributed by atoms with Gasteiger partial charge in [-0.15, -0.1) is 11.3 Å². The van der Waals surface area contributed by atoms with E-state index in [2.05, 4.69) is 34.7 Å². The van der Waals surface area contributed by atoms with Gasteiger partial charge in [0, 0.05) is 22.1 Å². The number of nitrogens with zero attached hydrogens (tertiary/aromatic N) is 1. The maximum Gasteiger partial charge on any atom is 0.243 e. The molecule has 6 heteroatoms. The Balaban J connectivity index is 1.74. The number of carbonyl (C=O) groups is 1. The van der Waals surface area contributed by atoms with Crippen molar-refractivity contribution in [2.24, 2.45) is 11.7 Å². The highest BCUT2D eigenvalue weighted by atomic mass is 32.1. The van der Waals surface area contributed by atoms with Gasteiger partial charge in [0.15, 0.2) is 0 Å². The molecule has 2 aromatic rings. The van der Waals surface area contributed by atoms with Crippen LogP contribution in [0.2, 0.25) is 0 Å². The van der Waals surface area contributed by atoms with Crippen LogP contribution in [0.1, 0.15) is 41.0 Å². The van der Waals surface area contributed by atoms with Crippen LogP contribution < -0.4 is 16.4 Å². The van der Waals surface area contributed by atoms with Gasteiger partial charge >= 0.3 is 0 Å². The second-order valence-electron chi connectivity index (χ2n) is 7.44. The molecule has 0 bridgehead atoms. The van der Waals surface area contributed by atoms with E-state index in [4.69, 9.17) is 5.73 Å². The minimum atomic E-state index is -0.810.